The van der Waals surface area contributed by atoms with Gasteiger partial charge >= 0.3 is 5.97 Å². The van der Waals surface area contributed by atoms with Gasteiger partial charge in [0, 0.05) is 6.54 Å². The molecule has 5 heteroatoms. The van der Waals surface area contributed by atoms with Crippen LogP contribution in [0.15, 0.2) is 18.2 Å². The van der Waals surface area contributed by atoms with Gasteiger partial charge in [-0.05, 0) is 50.8 Å². The highest BCUT2D eigenvalue weighted by atomic mass is 16.6. The number of benzene rings is 1. The van der Waals surface area contributed by atoms with Crippen molar-refractivity contribution < 1.29 is 19.4 Å². The minimum absolute atomic E-state index is 0.0875. The second-order valence-electron chi connectivity index (χ2n) is 7.10. The van der Waals surface area contributed by atoms with Crippen LogP contribution in [0.5, 0.6) is 11.5 Å². The van der Waals surface area contributed by atoms with E-state index in [2.05, 4.69) is 19.2 Å². The third-order valence-electron chi connectivity index (χ3n) is 3.19. The Hall–Kier alpha value is -1.75. The fourth-order valence-electron chi connectivity index (χ4n) is 2.19. The minimum Gasteiger partial charge on any atom is -0.504 e. The first-order valence-corrected chi connectivity index (χ1v) is 7.94. The number of aromatic hydroxyl groups is 1. The maximum absolute atomic E-state index is 12.3. The van der Waals surface area contributed by atoms with Crippen LogP contribution < -0.4 is 10.1 Å². The van der Waals surface area contributed by atoms with Crippen molar-refractivity contribution >= 4 is 5.97 Å². The third kappa shape index (κ3) is 6.91. The SMILES string of the molecule is COc1ccc(CN[C@H](CC(C)C)C(=O)OC(C)(C)C)cc1O. The molecule has 0 aliphatic carbocycles. The van der Waals surface area contributed by atoms with Gasteiger partial charge in [-0.1, -0.05) is 19.9 Å². The Labute approximate surface area is 139 Å². The molecule has 0 aromatic heterocycles. The molecule has 0 heterocycles. The van der Waals surface area contributed by atoms with Crippen molar-refractivity contribution in [3.63, 3.8) is 0 Å². The van der Waals surface area contributed by atoms with E-state index in [1.807, 2.05) is 26.8 Å². The number of methoxy groups -OCH3 is 1. The van der Waals surface area contributed by atoms with Gasteiger partial charge in [-0.2, -0.15) is 0 Å². The fraction of sp³-hybridized carbons (Fsp3) is 0.611. The highest BCUT2D eigenvalue weighted by Crippen LogP contribution is 2.26. The molecule has 0 aliphatic rings. The number of hydrogen-bond donors (Lipinski definition) is 2. The molecule has 0 fully saturated rings. The van der Waals surface area contributed by atoms with Gasteiger partial charge in [0.2, 0.25) is 0 Å². The van der Waals surface area contributed by atoms with Crippen molar-refractivity contribution in [2.75, 3.05) is 7.11 Å². The summed E-state index contributed by atoms with van der Waals surface area (Å²) in [4.78, 5) is 12.3. The van der Waals surface area contributed by atoms with Crippen LogP contribution in [0, 0.1) is 5.92 Å². The van der Waals surface area contributed by atoms with Crippen LogP contribution in [-0.4, -0.2) is 29.8 Å². The number of ether oxygens (including phenoxy) is 2. The van der Waals surface area contributed by atoms with Crippen molar-refractivity contribution in [1.82, 2.24) is 5.32 Å². The van der Waals surface area contributed by atoms with Gasteiger partial charge in [-0.3, -0.25) is 4.79 Å². The Bertz CT molecular complexity index is 520. The van der Waals surface area contributed by atoms with Gasteiger partial charge in [-0.15, -0.1) is 0 Å². The van der Waals surface area contributed by atoms with E-state index in [1.54, 1.807) is 12.1 Å². The molecule has 2 N–H and O–H groups in total. The number of hydrogen-bond acceptors (Lipinski definition) is 5. The molecular weight excluding hydrogens is 294 g/mol. The van der Waals surface area contributed by atoms with E-state index < -0.39 is 5.60 Å². The summed E-state index contributed by atoms with van der Waals surface area (Å²) in [5, 5.41) is 13.0. The fourth-order valence-corrected chi connectivity index (χ4v) is 2.19. The average molecular weight is 323 g/mol. The lowest BCUT2D eigenvalue weighted by molar-refractivity contribution is -0.158. The summed E-state index contributed by atoms with van der Waals surface area (Å²) in [6, 6.07) is 4.82. The zero-order chi connectivity index (χ0) is 17.6. The molecule has 0 radical (unpaired) electrons. The van der Waals surface area contributed by atoms with Gasteiger partial charge in [0.15, 0.2) is 11.5 Å². The molecule has 1 aromatic rings. The van der Waals surface area contributed by atoms with E-state index in [0.29, 0.717) is 24.6 Å². The van der Waals surface area contributed by atoms with Crippen LogP contribution in [0.25, 0.3) is 0 Å². The minimum atomic E-state index is -0.508. The molecule has 0 bridgehead atoms. The predicted octanol–water partition coefficient (Wildman–Crippen LogP) is 3.25. The van der Waals surface area contributed by atoms with Crippen LogP contribution in [0.4, 0.5) is 0 Å². The normalized spacial score (nSPS) is 13.0. The second-order valence-corrected chi connectivity index (χ2v) is 7.10. The molecule has 1 atom stereocenters. The van der Waals surface area contributed by atoms with E-state index in [-0.39, 0.29) is 17.8 Å². The van der Waals surface area contributed by atoms with Crippen molar-refractivity contribution in [1.29, 1.82) is 0 Å². The molecule has 0 amide bonds. The Balaban J connectivity index is 2.74. The summed E-state index contributed by atoms with van der Waals surface area (Å²) < 4.78 is 10.5. The van der Waals surface area contributed by atoms with E-state index in [1.165, 1.54) is 7.11 Å². The summed E-state index contributed by atoms with van der Waals surface area (Å²) in [5.41, 5.74) is 0.368. The van der Waals surface area contributed by atoms with Crippen LogP contribution >= 0.6 is 0 Å². The highest BCUT2D eigenvalue weighted by molar-refractivity contribution is 5.76. The van der Waals surface area contributed by atoms with Gasteiger partial charge in [0.25, 0.3) is 0 Å². The Morgan fingerprint density at radius 3 is 2.43 bits per heavy atom. The van der Waals surface area contributed by atoms with E-state index in [9.17, 15) is 9.90 Å². The average Bonchev–Trinajstić information content (AvgIpc) is 2.41. The molecular formula is C18H29NO4. The lowest BCUT2D eigenvalue weighted by Gasteiger charge is -2.25. The Morgan fingerprint density at radius 1 is 1.30 bits per heavy atom. The van der Waals surface area contributed by atoms with Gasteiger partial charge in [-0.25, -0.2) is 0 Å². The van der Waals surface area contributed by atoms with Crippen LogP contribution in [-0.2, 0) is 16.1 Å². The zero-order valence-electron chi connectivity index (χ0n) is 15.0. The molecule has 130 valence electrons. The summed E-state index contributed by atoms with van der Waals surface area (Å²) >= 11 is 0. The van der Waals surface area contributed by atoms with Crippen molar-refractivity contribution in [2.24, 2.45) is 5.92 Å². The first-order valence-electron chi connectivity index (χ1n) is 7.94. The summed E-state index contributed by atoms with van der Waals surface area (Å²) in [6.07, 6.45) is 0.692. The van der Waals surface area contributed by atoms with Crippen molar-refractivity contribution in [2.45, 2.75) is 59.2 Å². The number of esters is 1. The smallest absolute Gasteiger partial charge is 0.323 e. The van der Waals surface area contributed by atoms with Crippen molar-refractivity contribution in [3.05, 3.63) is 23.8 Å². The molecule has 0 saturated carbocycles. The highest BCUT2D eigenvalue weighted by Gasteiger charge is 2.25. The maximum Gasteiger partial charge on any atom is 0.323 e. The molecule has 5 nitrogen and oxygen atoms in total. The lowest BCUT2D eigenvalue weighted by atomic mass is 10.0. The number of carbonyl (C=O) groups excluding carboxylic acids is 1. The number of phenolic OH excluding ortho intramolecular Hbond substituents is 1. The lowest BCUT2D eigenvalue weighted by Crippen LogP contribution is -2.41. The van der Waals surface area contributed by atoms with Gasteiger partial charge < -0.3 is 19.9 Å². The third-order valence-corrected chi connectivity index (χ3v) is 3.19. The van der Waals surface area contributed by atoms with Crippen molar-refractivity contribution in [3.8, 4) is 11.5 Å². The molecule has 23 heavy (non-hydrogen) atoms. The monoisotopic (exact) mass is 323 g/mol. The number of nitrogens with one attached hydrogen (secondary N) is 1. The topological polar surface area (TPSA) is 67.8 Å². The van der Waals surface area contributed by atoms with Gasteiger partial charge in [0.1, 0.15) is 11.6 Å². The first-order chi connectivity index (χ1) is 10.6. The van der Waals surface area contributed by atoms with Crippen LogP contribution in [0.2, 0.25) is 0 Å². The number of phenols is 1. The largest absolute Gasteiger partial charge is 0.504 e. The van der Waals surface area contributed by atoms with E-state index in [0.717, 1.165) is 5.56 Å². The molecule has 0 unspecified atom stereocenters. The quantitative estimate of drug-likeness (QED) is 0.754. The Kier molecular flexibility index (Phi) is 6.88. The number of carbonyl (C=O) groups is 1. The molecule has 0 saturated heterocycles. The summed E-state index contributed by atoms with van der Waals surface area (Å²) in [6.45, 7) is 10.2. The number of rotatable bonds is 7. The standard InChI is InChI=1S/C18H29NO4/c1-12(2)9-14(17(21)23-18(3,4)5)19-11-13-7-8-16(22-6)15(20)10-13/h7-8,10,12,14,19-20H,9,11H2,1-6H3/t14-/m1/s1. The van der Waals surface area contributed by atoms with E-state index in [4.69, 9.17) is 9.47 Å². The predicted molar refractivity (Wildman–Crippen MR) is 90.6 cm³/mol. The zero-order valence-corrected chi connectivity index (χ0v) is 15.0. The summed E-state index contributed by atoms with van der Waals surface area (Å²) in [5.74, 6) is 0.636. The molecule has 0 spiro atoms. The second kappa shape index (κ2) is 8.20. The van der Waals surface area contributed by atoms with Gasteiger partial charge in [0.05, 0.1) is 7.11 Å². The molecule has 1 aromatic carbocycles. The Morgan fingerprint density at radius 2 is 1.96 bits per heavy atom. The summed E-state index contributed by atoms with van der Waals surface area (Å²) in [7, 11) is 1.51. The van der Waals surface area contributed by atoms with E-state index >= 15 is 0 Å². The first kappa shape index (κ1) is 19.3. The molecule has 1 rings (SSSR count). The van der Waals surface area contributed by atoms with Crippen LogP contribution in [0.1, 0.15) is 46.6 Å². The van der Waals surface area contributed by atoms with Crippen LogP contribution in [0.3, 0.4) is 0 Å². The maximum atomic E-state index is 12.3. The molecule has 0 aliphatic heterocycles.